The van der Waals surface area contributed by atoms with Crippen molar-refractivity contribution in [2.45, 2.75) is 26.4 Å². The molecule has 0 radical (unpaired) electrons. The second-order valence-corrected chi connectivity index (χ2v) is 5.32. The Morgan fingerprint density at radius 2 is 1.71 bits per heavy atom. The summed E-state index contributed by atoms with van der Waals surface area (Å²) in [4.78, 5) is 9.18. The number of aryl methyl sites for hydroxylation is 1. The molecule has 112 valence electrons. The van der Waals surface area contributed by atoms with Crippen LogP contribution in [0.25, 0.3) is 0 Å². The largest absolute Gasteiger partial charge is 0.424 e. The molecule has 0 spiro atoms. The van der Waals surface area contributed by atoms with Crippen molar-refractivity contribution >= 4 is 0 Å². The topological polar surface area (TPSA) is 58.3 Å². The van der Waals surface area contributed by atoms with Gasteiger partial charge in [-0.2, -0.15) is 0 Å². The first kappa shape index (κ1) is 14.2. The number of aromatic nitrogens is 3. The lowest BCUT2D eigenvalue weighted by Crippen LogP contribution is -2.45. The van der Waals surface area contributed by atoms with Gasteiger partial charge < -0.3 is 4.42 Å². The average molecular weight is 287 g/mol. The van der Waals surface area contributed by atoms with E-state index in [9.17, 15) is 0 Å². The Kier molecular flexibility index (Phi) is 4.57. The highest BCUT2D eigenvalue weighted by Gasteiger charge is 2.19. The highest BCUT2D eigenvalue weighted by molar-refractivity contribution is 5.03. The fourth-order valence-corrected chi connectivity index (χ4v) is 2.51. The molecule has 0 aromatic carbocycles. The van der Waals surface area contributed by atoms with Gasteiger partial charge in [-0.1, -0.05) is 13.0 Å². The Labute approximate surface area is 124 Å². The monoisotopic (exact) mass is 287 g/mol. The van der Waals surface area contributed by atoms with Crippen molar-refractivity contribution in [3.8, 4) is 0 Å². The molecule has 0 amide bonds. The summed E-state index contributed by atoms with van der Waals surface area (Å²) in [6.07, 6.45) is 2.65. The Balaban J connectivity index is 1.46. The van der Waals surface area contributed by atoms with Crippen molar-refractivity contribution in [1.29, 1.82) is 0 Å². The van der Waals surface area contributed by atoms with E-state index >= 15 is 0 Å². The molecule has 3 heterocycles. The molecule has 0 saturated carbocycles. The van der Waals surface area contributed by atoms with E-state index < -0.39 is 0 Å². The predicted molar refractivity (Wildman–Crippen MR) is 78.5 cm³/mol. The first-order valence-electron chi connectivity index (χ1n) is 7.49. The zero-order chi connectivity index (χ0) is 14.5. The minimum atomic E-state index is 0.721. The summed E-state index contributed by atoms with van der Waals surface area (Å²) in [5, 5.41) is 8.09. The van der Waals surface area contributed by atoms with Gasteiger partial charge in [-0.25, -0.2) is 0 Å². The van der Waals surface area contributed by atoms with Crippen LogP contribution in [0.2, 0.25) is 0 Å². The summed E-state index contributed by atoms with van der Waals surface area (Å²) in [6.45, 7) is 7.84. The summed E-state index contributed by atoms with van der Waals surface area (Å²) < 4.78 is 5.57. The summed E-state index contributed by atoms with van der Waals surface area (Å²) in [7, 11) is 0. The van der Waals surface area contributed by atoms with Gasteiger partial charge in [0.05, 0.1) is 12.2 Å². The van der Waals surface area contributed by atoms with E-state index in [0.29, 0.717) is 0 Å². The van der Waals surface area contributed by atoms with E-state index in [2.05, 4.69) is 31.0 Å². The van der Waals surface area contributed by atoms with E-state index in [1.165, 1.54) is 0 Å². The number of piperazine rings is 1. The van der Waals surface area contributed by atoms with Gasteiger partial charge in [0.2, 0.25) is 11.8 Å². The fraction of sp³-hybridized carbons (Fsp3) is 0.533. The van der Waals surface area contributed by atoms with E-state index in [1.807, 2.05) is 25.3 Å². The van der Waals surface area contributed by atoms with Crippen LogP contribution >= 0.6 is 0 Å². The van der Waals surface area contributed by atoms with Crippen molar-refractivity contribution < 1.29 is 4.42 Å². The predicted octanol–water partition coefficient (Wildman–Crippen LogP) is 1.34. The molecule has 2 aromatic rings. The van der Waals surface area contributed by atoms with Crippen LogP contribution in [-0.2, 0) is 19.5 Å². The van der Waals surface area contributed by atoms with Crippen LogP contribution < -0.4 is 0 Å². The molecule has 2 aromatic heterocycles. The Morgan fingerprint density at radius 3 is 2.33 bits per heavy atom. The lowest BCUT2D eigenvalue weighted by molar-refractivity contribution is 0.113. The van der Waals surface area contributed by atoms with E-state index in [4.69, 9.17) is 4.42 Å². The van der Waals surface area contributed by atoms with Crippen molar-refractivity contribution in [2.24, 2.45) is 0 Å². The van der Waals surface area contributed by atoms with Gasteiger partial charge in [0.15, 0.2) is 0 Å². The second kappa shape index (κ2) is 6.78. The maximum atomic E-state index is 5.57. The standard InChI is InChI=1S/C15H21N5O/c1-2-14-17-18-15(21-14)12-20-9-7-19(8-10-20)11-13-5-3-4-6-16-13/h3-6H,2,7-12H2,1H3. The van der Waals surface area contributed by atoms with Crippen molar-refractivity contribution in [1.82, 2.24) is 25.0 Å². The number of hydrogen-bond acceptors (Lipinski definition) is 6. The van der Waals surface area contributed by atoms with Crippen LogP contribution in [0.15, 0.2) is 28.8 Å². The van der Waals surface area contributed by atoms with Gasteiger partial charge in [0.1, 0.15) is 0 Å². The van der Waals surface area contributed by atoms with Gasteiger partial charge in [-0.15, -0.1) is 10.2 Å². The molecule has 0 bridgehead atoms. The summed E-state index contributed by atoms with van der Waals surface area (Å²) in [6, 6.07) is 6.08. The van der Waals surface area contributed by atoms with Gasteiger partial charge in [-0.05, 0) is 12.1 Å². The van der Waals surface area contributed by atoms with Crippen LogP contribution in [0, 0.1) is 0 Å². The van der Waals surface area contributed by atoms with Gasteiger partial charge in [0.25, 0.3) is 0 Å². The van der Waals surface area contributed by atoms with Crippen LogP contribution in [0.5, 0.6) is 0 Å². The highest BCUT2D eigenvalue weighted by atomic mass is 16.4. The maximum absolute atomic E-state index is 5.57. The normalized spacial score (nSPS) is 17.2. The van der Waals surface area contributed by atoms with E-state index in [0.717, 1.165) is 63.2 Å². The number of hydrogen-bond donors (Lipinski definition) is 0. The number of nitrogens with zero attached hydrogens (tertiary/aromatic N) is 5. The SMILES string of the molecule is CCc1nnc(CN2CCN(Cc3ccccn3)CC2)o1. The van der Waals surface area contributed by atoms with Crippen LogP contribution in [-0.4, -0.2) is 51.2 Å². The lowest BCUT2D eigenvalue weighted by Gasteiger charge is -2.33. The van der Waals surface area contributed by atoms with Crippen molar-refractivity contribution in [3.05, 3.63) is 41.9 Å². The Bertz CT molecular complexity index is 548. The summed E-state index contributed by atoms with van der Waals surface area (Å²) >= 11 is 0. The Morgan fingerprint density at radius 1 is 1.00 bits per heavy atom. The first-order chi connectivity index (χ1) is 10.3. The second-order valence-electron chi connectivity index (χ2n) is 5.32. The van der Waals surface area contributed by atoms with Crippen LogP contribution in [0.4, 0.5) is 0 Å². The molecule has 6 heteroatoms. The molecule has 6 nitrogen and oxygen atoms in total. The van der Waals surface area contributed by atoms with Crippen molar-refractivity contribution in [2.75, 3.05) is 26.2 Å². The number of rotatable bonds is 5. The number of pyridine rings is 1. The third kappa shape index (κ3) is 3.86. The van der Waals surface area contributed by atoms with Gasteiger partial charge >= 0.3 is 0 Å². The summed E-state index contributed by atoms with van der Waals surface area (Å²) in [5.74, 6) is 1.45. The molecular formula is C15H21N5O. The van der Waals surface area contributed by atoms with Gasteiger partial charge in [0, 0.05) is 45.3 Å². The molecule has 3 rings (SSSR count). The summed E-state index contributed by atoms with van der Waals surface area (Å²) in [5.41, 5.74) is 1.13. The molecule has 1 aliphatic rings. The maximum Gasteiger partial charge on any atom is 0.230 e. The fourth-order valence-electron chi connectivity index (χ4n) is 2.51. The van der Waals surface area contributed by atoms with Crippen LogP contribution in [0.3, 0.4) is 0 Å². The molecule has 1 fully saturated rings. The third-order valence-corrected chi connectivity index (χ3v) is 3.75. The highest BCUT2D eigenvalue weighted by Crippen LogP contribution is 2.10. The average Bonchev–Trinajstić information content (AvgIpc) is 2.98. The molecule has 21 heavy (non-hydrogen) atoms. The molecule has 0 unspecified atom stereocenters. The van der Waals surface area contributed by atoms with E-state index in [1.54, 1.807) is 0 Å². The zero-order valence-corrected chi connectivity index (χ0v) is 12.4. The molecule has 0 atom stereocenters. The van der Waals surface area contributed by atoms with Crippen molar-refractivity contribution in [3.63, 3.8) is 0 Å². The molecule has 1 saturated heterocycles. The zero-order valence-electron chi connectivity index (χ0n) is 12.4. The molecule has 0 N–H and O–H groups in total. The third-order valence-electron chi connectivity index (χ3n) is 3.75. The van der Waals surface area contributed by atoms with Crippen LogP contribution in [0.1, 0.15) is 24.4 Å². The smallest absolute Gasteiger partial charge is 0.230 e. The lowest BCUT2D eigenvalue weighted by atomic mass is 10.2. The van der Waals surface area contributed by atoms with E-state index in [-0.39, 0.29) is 0 Å². The Hall–Kier alpha value is -1.79. The minimum Gasteiger partial charge on any atom is -0.424 e. The quantitative estimate of drug-likeness (QED) is 0.827. The first-order valence-corrected chi connectivity index (χ1v) is 7.49. The van der Waals surface area contributed by atoms with Gasteiger partial charge in [-0.3, -0.25) is 14.8 Å². The minimum absolute atomic E-state index is 0.721. The molecule has 1 aliphatic heterocycles. The molecule has 0 aliphatic carbocycles. The molecular weight excluding hydrogens is 266 g/mol.